The van der Waals surface area contributed by atoms with Crippen molar-refractivity contribution in [3.8, 4) is 0 Å². The van der Waals surface area contributed by atoms with E-state index in [-0.39, 0.29) is 6.04 Å². The minimum absolute atomic E-state index is 0.223. The van der Waals surface area contributed by atoms with Crippen molar-refractivity contribution in [2.45, 2.75) is 6.04 Å². The first-order valence-corrected chi connectivity index (χ1v) is 8.64. The molecule has 5 nitrogen and oxygen atoms in total. The van der Waals surface area contributed by atoms with Crippen molar-refractivity contribution >= 4 is 50.8 Å². The molecule has 2 heterocycles. The van der Waals surface area contributed by atoms with Crippen molar-refractivity contribution < 1.29 is 0 Å². The smallest absolute Gasteiger partial charge is 0.248 e. The summed E-state index contributed by atoms with van der Waals surface area (Å²) in [6, 6.07) is 13.2. The van der Waals surface area contributed by atoms with E-state index in [1.807, 2.05) is 42.5 Å². The Morgan fingerprint density at radius 3 is 2.62 bits per heavy atom. The van der Waals surface area contributed by atoms with Crippen LogP contribution in [0, 0.1) is 0 Å². The van der Waals surface area contributed by atoms with Crippen molar-refractivity contribution in [1.29, 1.82) is 0 Å². The van der Waals surface area contributed by atoms with E-state index in [9.17, 15) is 0 Å². The van der Waals surface area contributed by atoms with Crippen molar-refractivity contribution in [3.63, 3.8) is 0 Å². The molecule has 24 heavy (non-hydrogen) atoms. The van der Waals surface area contributed by atoms with Crippen molar-refractivity contribution in [3.05, 3.63) is 74.2 Å². The molecule has 4 rings (SSSR count). The van der Waals surface area contributed by atoms with Crippen molar-refractivity contribution in [1.82, 2.24) is 20.2 Å². The van der Waals surface area contributed by atoms with Crippen LogP contribution in [0.4, 0.5) is 5.95 Å². The van der Waals surface area contributed by atoms with Gasteiger partial charge in [0.15, 0.2) is 0 Å². The molecule has 120 valence electrons. The molecule has 1 unspecified atom stereocenters. The summed E-state index contributed by atoms with van der Waals surface area (Å²) in [6.07, 6.45) is 2.04. The zero-order chi connectivity index (χ0) is 16.7. The molecule has 1 aliphatic rings. The first kappa shape index (κ1) is 15.6. The summed E-state index contributed by atoms with van der Waals surface area (Å²) < 4.78 is 2.71. The maximum Gasteiger partial charge on any atom is 0.248 e. The van der Waals surface area contributed by atoms with Crippen LogP contribution in [0.3, 0.4) is 0 Å². The standard InChI is InChI=1S/C16H10BrCl2N5/c17-10-3-1-9(2-4-10)14-8-15(24-16(20-14)21-22-23-24)12-6-5-11(18)7-13(12)19/h1-8,15H,(H,20,21,23). The Morgan fingerprint density at radius 1 is 1.08 bits per heavy atom. The van der Waals surface area contributed by atoms with Crippen LogP contribution in [-0.2, 0) is 0 Å². The van der Waals surface area contributed by atoms with Gasteiger partial charge in [0.2, 0.25) is 5.95 Å². The molecule has 0 radical (unpaired) electrons. The maximum atomic E-state index is 6.39. The Hall–Kier alpha value is -1.89. The molecule has 1 aromatic heterocycles. The van der Waals surface area contributed by atoms with E-state index in [0.29, 0.717) is 16.0 Å². The van der Waals surface area contributed by atoms with Gasteiger partial charge in [0, 0.05) is 20.2 Å². The molecule has 0 saturated carbocycles. The number of hydrogen-bond acceptors (Lipinski definition) is 4. The van der Waals surface area contributed by atoms with Crippen LogP contribution in [0.1, 0.15) is 17.2 Å². The first-order chi connectivity index (χ1) is 11.6. The summed E-state index contributed by atoms with van der Waals surface area (Å²) >= 11 is 15.8. The summed E-state index contributed by atoms with van der Waals surface area (Å²) in [7, 11) is 0. The summed E-state index contributed by atoms with van der Waals surface area (Å²) in [6.45, 7) is 0. The van der Waals surface area contributed by atoms with E-state index < -0.39 is 0 Å². The van der Waals surface area contributed by atoms with E-state index in [2.05, 4.69) is 36.8 Å². The zero-order valence-corrected chi connectivity index (χ0v) is 15.2. The number of nitrogens with one attached hydrogen (secondary N) is 1. The average Bonchev–Trinajstić information content (AvgIpc) is 3.03. The molecule has 0 aliphatic carbocycles. The average molecular weight is 423 g/mol. The topological polar surface area (TPSA) is 55.6 Å². The highest BCUT2D eigenvalue weighted by atomic mass is 79.9. The number of anilines is 1. The van der Waals surface area contributed by atoms with Gasteiger partial charge in [0.1, 0.15) is 6.04 Å². The number of nitrogens with zero attached hydrogens (tertiary/aromatic N) is 4. The number of rotatable bonds is 2. The lowest BCUT2D eigenvalue weighted by Crippen LogP contribution is -2.20. The van der Waals surface area contributed by atoms with Gasteiger partial charge in [-0.05, 0) is 51.9 Å². The maximum absolute atomic E-state index is 6.39. The molecule has 0 fully saturated rings. The number of tetrazole rings is 1. The van der Waals surface area contributed by atoms with Gasteiger partial charge in [0.25, 0.3) is 0 Å². The minimum atomic E-state index is -0.223. The molecular weight excluding hydrogens is 413 g/mol. The summed E-state index contributed by atoms with van der Waals surface area (Å²) in [5, 5.41) is 16.3. The molecule has 1 N–H and O–H groups in total. The quantitative estimate of drug-likeness (QED) is 0.644. The molecular formula is C16H10BrCl2N5. The van der Waals surface area contributed by atoms with Crippen LogP contribution in [-0.4, -0.2) is 20.2 Å². The molecule has 0 bridgehead atoms. The van der Waals surface area contributed by atoms with Gasteiger partial charge in [-0.25, -0.2) is 0 Å². The van der Waals surface area contributed by atoms with E-state index >= 15 is 0 Å². The van der Waals surface area contributed by atoms with Crippen LogP contribution < -0.4 is 5.32 Å². The third kappa shape index (κ3) is 2.81. The number of benzene rings is 2. The van der Waals surface area contributed by atoms with Crippen LogP contribution in [0.25, 0.3) is 5.70 Å². The Kier molecular flexibility index (Phi) is 4.04. The van der Waals surface area contributed by atoms with E-state index in [1.54, 1.807) is 10.7 Å². The molecule has 0 saturated heterocycles. The predicted octanol–water partition coefficient (Wildman–Crippen LogP) is 4.80. The van der Waals surface area contributed by atoms with Crippen LogP contribution in [0.5, 0.6) is 0 Å². The molecule has 1 aliphatic heterocycles. The molecule has 3 aromatic rings. The highest BCUT2D eigenvalue weighted by Gasteiger charge is 2.25. The zero-order valence-electron chi connectivity index (χ0n) is 12.1. The van der Waals surface area contributed by atoms with Crippen LogP contribution in [0.2, 0.25) is 10.0 Å². The largest absolute Gasteiger partial charge is 0.323 e. The number of hydrogen-bond donors (Lipinski definition) is 1. The van der Waals surface area contributed by atoms with Crippen LogP contribution in [0.15, 0.2) is 53.0 Å². The highest BCUT2D eigenvalue weighted by Crippen LogP contribution is 2.35. The second-order valence-electron chi connectivity index (χ2n) is 5.27. The number of aromatic nitrogens is 4. The predicted molar refractivity (Wildman–Crippen MR) is 98.2 cm³/mol. The second kappa shape index (κ2) is 6.20. The lowest BCUT2D eigenvalue weighted by molar-refractivity contribution is 0.586. The fourth-order valence-electron chi connectivity index (χ4n) is 2.61. The highest BCUT2D eigenvalue weighted by molar-refractivity contribution is 9.10. The number of allylic oxidation sites excluding steroid dienone is 1. The van der Waals surface area contributed by atoms with Gasteiger partial charge in [-0.2, -0.15) is 4.68 Å². The van der Waals surface area contributed by atoms with Crippen molar-refractivity contribution in [2.75, 3.05) is 5.32 Å². The Bertz CT molecular complexity index is 936. The third-order valence-corrected chi connectivity index (χ3v) is 4.85. The fraction of sp³-hybridized carbons (Fsp3) is 0.0625. The summed E-state index contributed by atoms with van der Waals surface area (Å²) in [4.78, 5) is 0. The normalized spacial score (nSPS) is 16.3. The van der Waals surface area contributed by atoms with Crippen LogP contribution >= 0.6 is 39.1 Å². The third-order valence-electron chi connectivity index (χ3n) is 3.76. The first-order valence-electron chi connectivity index (χ1n) is 7.09. The lowest BCUT2D eigenvalue weighted by Gasteiger charge is -2.24. The SMILES string of the molecule is Clc1ccc(C2C=C(c3ccc(Br)cc3)Nc3nnnn32)c(Cl)c1. The molecule has 2 aromatic carbocycles. The number of halogens is 3. The van der Waals surface area contributed by atoms with E-state index in [4.69, 9.17) is 23.2 Å². The molecule has 1 atom stereocenters. The van der Waals surface area contributed by atoms with Gasteiger partial charge < -0.3 is 5.32 Å². The van der Waals surface area contributed by atoms with E-state index in [1.165, 1.54) is 0 Å². The molecule has 8 heteroatoms. The summed E-state index contributed by atoms with van der Waals surface area (Å²) in [5.74, 6) is 0.562. The minimum Gasteiger partial charge on any atom is -0.323 e. The number of fused-ring (bicyclic) bond motifs is 1. The Labute approximate surface area is 156 Å². The monoisotopic (exact) mass is 421 g/mol. The Balaban J connectivity index is 1.83. The molecule has 0 spiro atoms. The summed E-state index contributed by atoms with van der Waals surface area (Å²) in [5.41, 5.74) is 2.83. The van der Waals surface area contributed by atoms with E-state index in [0.717, 1.165) is 21.3 Å². The second-order valence-corrected chi connectivity index (χ2v) is 7.03. The Morgan fingerprint density at radius 2 is 1.88 bits per heavy atom. The van der Waals surface area contributed by atoms with Gasteiger partial charge in [-0.15, -0.1) is 0 Å². The lowest BCUT2D eigenvalue weighted by atomic mass is 10.0. The van der Waals surface area contributed by atoms with Gasteiger partial charge in [-0.1, -0.05) is 62.4 Å². The van der Waals surface area contributed by atoms with Gasteiger partial charge in [0.05, 0.1) is 0 Å². The van der Waals surface area contributed by atoms with Crippen molar-refractivity contribution in [2.24, 2.45) is 0 Å². The van der Waals surface area contributed by atoms with Gasteiger partial charge >= 0.3 is 0 Å². The van der Waals surface area contributed by atoms with Gasteiger partial charge in [-0.3, -0.25) is 0 Å². The molecule has 0 amide bonds. The fourth-order valence-corrected chi connectivity index (χ4v) is 3.40.